The van der Waals surface area contributed by atoms with Crippen LogP contribution in [0.3, 0.4) is 0 Å². The molecule has 0 N–H and O–H groups in total. The standard InChI is InChI=1S/C20H34N2/c1-4-18-11-8-12-20(15-18)17-22(14-13-21(2)3)16-19-9-6-5-7-10-19/h8,11-12,15,19H,4-7,9-10,13-14,16-17H2,1-3H3. The number of aryl methyl sites for hydroxylation is 1. The van der Waals surface area contributed by atoms with Crippen LogP contribution in [0.4, 0.5) is 0 Å². The second-order valence-electron chi connectivity index (χ2n) is 7.22. The summed E-state index contributed by atoms with van der Waals surface area (Å²) in [5.41, 5.74) is 2.94. The minimum atomic E-state index is 0.922. The van der Waals surface area contributed by atoms with E-state index in [0.717, 1.165) is 25.4 Å². The number of hydrogen-bond acceptors (Lipinski definition) is 2. The molecule has 0 saturated heterocycles. The van der Waals surface area contributed by atoms with Crippen molar-refractivity contribution >= 4 is 0 Å². The van der Waals surface area contributed by atoms with Gasteiger partial charge in [-0.1, -0.05) is 50.5 Å². The topological polar surface area (TPSA) is 6.48 Å². The maximum Gasteiger partial charge on any atom is 0.0234 e. The van der Waals surface area contributed by atoms with Crippen LogP contribution < -0.4 is 0 Å². The average Bonchev–Trinajstić information content (AvgIpc) is 2.54. The molecule has 0 aliphatic heterocycles. The summed E-state index contributed by atoms with van der Waals surface area (Å²) in [4.78, 5) is 4.99. The molecule has 0 bridgehead atoms. The normalized spacial score (nSPS) is 16.6. The number of benzene rings is 1. The van der Waals surface area contributed by atoms with Gasteiger partial charge in [0.15, 0.2) is 0 Å². The Kier molecular flexibility index (Phi) is 7.41. The highest BCUT2D eigenvalue weighted by atomic mass is 15.2. The zero-order chi connectivity index (χ0) is 15.8. The van der Waals surface area contributed by atoms with Gasteiger partial charge in [-0.05, 0) is 50.4 Å². The van der Waals surface area contributed by atoms with E-state index in [9.17, 15) is 0 Å². The van der Waals surface area contributed by atoms with Crippen LogP contribution in [-0.4, -0.2) is 43.5 Å². The third-order valence-corrected chi connectivity index (χ3v) is 4.91. The maximum atomic E-state index is 2.69. The second-order valence-corrected chi connectivity index (χ2v) is 7.22. The van der Waals surface area contributed by atoms with Gasteiger partial charge in [-0.15, -0.1) is 0 Å². The maximum absolute atomic E-state index is 2.69. The molecule has 22 heavy (non-hydrogen) atoms. The number of likely N-dealkylation sites (N-methyl/N-ethyl adjacent to an activating group) is 1. The van der Waals surface area contributed by atoms with Gasteiger partial charge in [-0.25, -0.2) is 0 Å². The number of rotatable bonds is 8. The van der Waals surface area contributed by atoms with Crippen molar-refractivity contribution in [1.29, 1.82) is 0 Å². The van der Waals surface area contributed by atoms with Crippen LogP contribution in [0.25, 0.3) is 0 Å². The Bertz CT molecular complexity index is 421. The summed E-state index contributed by atoms with van der Waals surface area (Å²) in [6.45, 7) is 6.97. The van der Waals surface area contributed by atoms with Gasteiger partial charge < -0.3 is 4.90 Å². The molecule has 0 amide bonds. The van der Waals surface area contributed by atoms with E-state index in [4.69, 9.17) is 0 Å². The summed E-state index contributed by atoms with van der Waals surface area (Å²) in [6, 6.07) is 9.15. The van der Waals surface area contributed by atoms with Crippen LogP contribution in [0, 0.1) is 5.92 Å². The summed E-state index contributed by atoms with van der Waals surface area (Å²) in [6.07, 6.45) is 8.34. The minimum Gasteiger partial charge on any atom is -0.308 e. The Hall–Kier alpha value is -0.860. The van der Waals surface area contributed by atoms with Crippen molar-refractivity contribution < 1.29 is 0 Å². The quantitative estimate of drug-likeness (QED) is 0.710. The van der Waals surface area contributed by atoms with Crippen molar-refractivity contribution in [2.45, 2.75) is 52.0 Å². The van der Waals surface area contributed by atoms with E-state index >= 15 is 0 Å². The van der Waals surface area contributed by atoms with Crippen LogP contribution in [0.15, 0.2) is 24.3 Å². The first-order chi connectivity index (χ1) is 10.7. The molecule has 1 aromatic rings. The van der Waals surface area contributed by atoms with Crippen LogP contribution >= 0.6 is 0 Å². The van der Waals surface area contributed by atoms with Gasteiger partial charge in [-0.2, -0.15) is 0 Å². The monoisotopic (exact) mass is 302 g/mol. The van der Waals surface area contributed by atoms with Crippen LogP contribution in [-0.2, 0) is 13.0 Å². The molecule has 0 atom stereocenters. The molecule has 0 unspecified atom stereocenters. The minimum absolute atomic E-state index is 0.922. The van der Waals surface area contributed by atoms with Crippen molar-refractivity contribution in [3.05, 3.63) is 35.4 Å². The van der Waals surface area contributed by atoms with E-state index in [1.54, 1.807) is 0 Å². The van der Waals surface area contributed by atoms with Gasteiger partial charge in [0.25, 0.3) is 0 Å². The molecule has 0 radical (unpaired) electrons. The molecule has 2 nitrogen and oxygen atoms in total. The van der Waals surface area contributed by atoms with E-state index in [2.05, 4.69) is 55.1 Å². The first-order valence-electron chi connectivity index (χ1n) is 9.12. The molecule has 1 saturated carbocycles. The fraction of sp³-hybridized carbons (Fsp3) is 0.700. The van der Waals surface area contributed by atoms with Crippen LogP contribution in [0.2, 0.25) is 0 Å². The molecule has 2 heteroatoms. The Morgan fingerprint density at radius 3 is 2.41 bits per heavy atom. The zero-order valence-corrected chi connectivity index (χ0v) is 14.9. The molecule has 1 fully saturated rings. The number of hydrogen-bond donors (Lipinski definition) is 0. The van der Waals surface area contributed by atoms with Gasteiger partial charge in [-0.3, -0.25) is 4.90 Å². The number of nitrogens with zero attached hydrogens (tertiary/aromatic N) is 2. The Morgan fingerprint density at radius 1 is 1.00 bits per heavy atom. The summed E-state index contributed by atoms with van der Waals surface area (Å²) < 4.78 is 0. The Morgan fingerprint density at radius 2 is 1.73 bits per heavy atom. The van der Waals surface area contributed by atoms with Crippen molar-refractivity contribution in [3.63, 3.8) is 0 Å². The third kappa shape index (κ3) is 6.10. The third-order valence-electron chi connectivity index (χ3n) is 4.91. The molecular weight excluding hydrogens is 268 g/mol. The van der Waals surface area contributed by atoms with Crippen molar-refractivity contribution in [2.24, 2.45) is 5.92 Å². The first kappa shape index (κ1) is 17.5. The molecule has 1 aliphatic rings. The van der Waals surface area contributed by atoms with E-state index in [1.807, 2.05) is 0 Å². The SMILES string of the molecule is CCc1cccc(CN(CCN(C)C)CC2CCCCC2)c1. The van der Waals surface area contributed by atoms with Gasteiger partial charge in [0.2, 0.25) is 0 Å². The Labute approximate surface area is 137 Å². The van der Waals surface area contributed by atoms with Crippen LogP contribution in [0.5, 0.6) is 0 Å². The molecule has 0 aromatic heterocycles. The van der Waals surface area contributed by atoms with Gasteiger partial charge in [0, 0.05) is 26.2 Å². The highest BCUT2D eigenvalue weighted by Gasteiger charge is 2.17. The average molecular weight is 303 g/mol. The predicted octanol–water partition coefficient (Wildman–Crippen LogP) is 4.19. The highest BCUT2D eigenvalue weighted by Crippen LogP contribution is 2.25. The fourth-order valence-corrected chi connectivity index (χ4v) is 3.52. The van der Waals surface area contributed by atoms with Gasteiger partial charge in [0.1, 0.15) is 0 Å². The molecule has 124 valence electrons. The summed E-state index contributed by atoms with van der Waals surface area (Å²) in [7, 11) is 4.35. The zero-order valence-electron chi connectivity index (χ0n) is 14.9. The lowest BCUT2D eigenvalue weighted by molar-refractivity contribution is 0.179. The summed E-state index contributed by atoms with van der Waals surface area (Å²) >= 11 is 0. The second kappa shape index (κ2) is 9.32. The van der Waals surface area contributed by atoms with Gasteiger partial charge in [0.05, 0.1) is 0 Å². The highest BCUT2D eigenvalue weighted by molar-refractivity contribution is 5.23. The summed E-state index contributed by atoms with van der Waals surface area (Å²) in [5.74, 6) is 0.922. The van der Waals surface area contributed by atoms with Crippen LogP contribution in [0.1, 0.15) is 50.2 Å². The van der Waals surface area contributed by atoms with E-state index < -0.39 is 0 Å². The molecule has 1 aliphatic carbocycles. The fourth-order valence-electron chi connectivity index (χ4n) is 3.52. The van der Waals surface area contributed by atoms with Crippen molar-refractivity contribution in [3.8, 4) is 0 Å². The van der Waals surface area contributed by atoms with Crippen molar-refractivity contribution in [2.75, 3.05) is 33.7 Å². The predicted molar refractivity (Wildman–Crippen MR) is 96.2 cm³/mol. The largest absolute Gasteiger partial charge is 0.308 e. The lowest BCUT2D eigenvalue weighted by Crippen LogP contribution is -2.35. The molecular formula is C20H34N2. The molecule has 2 rings (SSSR count). The van der Waals surface area contributed by atoms with E-state index in [1.165, 1.54) is 56.3 Å². The van der Waals surface area contributed by atoms with Crippen molar-refractivity contribution in [1.82, 2.24) is 9.80 Å². The molecule has 0 spiro atoms. The first-order valence-corrected chi connectivity index (χ1v) is 9.12. The summed E-state index contributed by atoms with van der Waals surface area (Å²) in [5, 5.41) is 0. The van der Waals surface area contributed by atoms with E-state index in [0.29, 0.717) is 0 Å². The molecule has 1 aromatic carbocycles. The molecule has 0 heterocycles. The Balaban J connectivity index is 1.95. The smallest absolute Gasteiger partial charge is 0.0234 e. The van der Waals surface area contributed by atoms with E-state index in [-0.39, 0.29) is 0 Å². The van der Waals surface area contributed by atoms with Gasteiger partial charge >= 0.3 is 0 Å². The lowest BCUT2D eigenvalue weighted by Gasteiger charge is -2.30. The lowest BCUT2D eigenvalue weighted by atomic mass is 9.89.